The molecule has 0 aliphatic carbocycles. The molecule has 5 rings (SSSR count). The zero-order valence-corrected chi connectivity index (χ0v) is 21.9. The molecule has 1 atom stereocenters. The minimum absolute atomic E-state index is 0.252. The van der Waals surface area contributed by atoms with E-state index < -0.39 is 23.4 Å². The van der Waals surface area contributed by atoms with Crippen molar-refractivity contribution in [2.45, 2.75) is 43.0 Å². The molecule has 12 heteroatoms. The number of hydrogen-bond acceptors (Lipinski definition) is 9. The highest BCUT2D eigenvalue weighted by Crippen LogP contribution is 2.45. The number of thiazole rings is 1. The molecule has 2 aromatic heterocycles. The monoisotopic (exact) mass is 560 g/mol. The van der Waals surface area contributed by atoms with Crippen LogP contribution in [0.1, 0.15) is 37.5 Å². The van der Waals surface area contributed by atoms with Crippen molar-refractivity contribution in [2.24, 2.45) is 0 Å². The molecular formula is C26H23F3N4O3S2. The van der Waals surface area contributed by atoms with E-state index >= 15 is 0 Å². The van der Waals surface area contributed by atoms with Gasteiger partial charge in [0.05, 0.1) is 11.3 Å². The summed E-state index contributed by atoms with van der Waals surface area (Å²) in [5, 5.41) is 12.6. The van der Waals surface area contributed by atoms with E-state index in [-0.39, 0.29) is 11.3 Å². The summed E-state index contributed by atoms with van der Waals surface area (Å²) < 4.78 is 53.9. The van der Waals surface area contributed by atoms with E-state index in [0.29, 0.717) is 27.9 Å². The number of anilines is 1. The highest BCUT2D eigenvalue weighted by atomic mass is 32.2. The van der Waals surface area contributed by atoms with Gasteiger partial charge in [0, 0.05) is 52.2 Å². The van der Waals surface area contributed by atoms with Gasteiger partial charge in [-0.3, -0.25) is 15.6 Å². The van der Waals surface area contributed by atoms with Crippen molar-refractivity contribution in [1.29, 1.82) is 0 Å². The first-order chi connectivity index (χ1) is 18.1. The van der Waals surface area contributed by atoms with E-state index in [9.17, 15) is 18.4 Å². The molecule has 2 aromatic carbocycles. The Kier molecular flexibility index (Phi) is 7.23. The summed E-state index contributed by atoms with van der Waals surface area (Å²) in [5.74, 6) is 0.850. The molecule has 1 aliphatic heterocycles. The van der Waals surface area contributed by atoms with Crippen molar-refractivity contribution in [3.63, 3.8) is 0 Å². The third kappa shape index (κ3) is 6.04. The Balaban J connectivity index is 1.44. The molecule has 7 nitrogen and oxygen atoms in total. The van der Waals surface area contributed by atoms with E-state index in [0.717, 1.165) is 34.2 Å². The lowest BCUT2D eigenvalue weighted by Gasteiger charge is -2.38. The summed E-state index contributed by atoms with van der Waals surface area (Å²) in [6, 6.07) is 13.9. The third-order valence-corrected chi connectivity index (χ3v) is 7.13. The predicted octanol–water partition coefficient (Wildman–Crippen LogP) is 7.63. The van der Waals surface area contributed by atoms with Gasteiger partial charge in [-0.15, -0.1) is 11.3 Å². The van der Waals surface area contributed by atoms with Crippen LogP contribution in [-0.4, -0.2) is 25.4 Å². The maximum Gasteiger partial charge on any atom is 0.416 e. The molecule has 0 fully saturated rings. The molecule has 0 radical (unpaired) electrons. The average molecular weight is 561 g/mol. The lowest BCUT2D eigenvalue weighted by atomic mass is 9.91. The summed E-state index contributed by atoms with van der Waals surface area (Å²) in [6.07, 6.45) is -1.38. The Morgan fingerprint density at radius 3 is 2.68 bits per heavy atom. The number of halogens is 3. The van der Waals surface area contributed by atoms with Gasteiger partial charge < -0.3 is 9.47 Å². The quantitative estimate of drug-likeness (QED) is 0.176. The fourth-order valence-electron chi connectivity index (χ4n) is 4.09. The van der Waals surface area contributed by atoms with Crippen molar-refractivity contribution in [3.8, 4) is 22.8 Å². The van der Waals surface area contributed by atoms with Crippen LogP contribution in [-0.2, 0) is 6.18 Å². The Hall–Kier alpha value is -3.32. The van der Waals surface area contributed by atoms with Gasteiger partial charge >= 0.3 is 6.18 Å². The van der Waals surface area contributed by atoms with E-state index in [1.165, 1.54) is 23.6 Å². The van der Waals surface area contributed by atoms with Crippen LogP contribution in [0, 0.1) is 0 Å². The van der Waals surface area contributed by atoms with Gasteiger partial charge in [0.1, 0.15) is 23.2 Å². The first kappa shape index (κ1) is 26.3. The van der Waals surface area contributed by atoms with Gasteiger partial charge in [-0.2, -0.15) is 13.2 Å². The highest BCUT2D eigenvalue weighted by Gasteiger charge is 2.37. The molecule has 4 aromatic rings. The molecule has 0 bridgehead atoms. The maximum absolute atomic E-state index is 13.5. The number of nitrogens with one attached hydrogen (secondary N) is 1. The van der Waals surface area contributed by atoms with Crippen LogP contribution >= 0.6 is 23.3 Å². The maximum atomic E-state index is 13.5. The average Bonchev–Trinajstić information content (AvgIpc) is 3.36. The van der Waals surface area contributed by atoms with Crippen molar-refractivity contribution >= 4 is 28.4 Å². The Labute approximate surface area is 225 Å². The van der Waals surface area contributed by atoms with Crippen LogP contribution in [0.5, 0.6) is 11.5 Å². The van der Waals surface area contributed by atoms with Gasteiger partial charge in [0.2, 0.25) is 0 Å². The molecule has 1 unspecified atom stereocenters. The summed E-state index contributed by atoms with van der Waals surface area (Å²) in [5.41, 5.74) is 2.74. The van der Waals surface area contributed by atoms with Crippen LogP contribution in [0.3, 0.4) is 0 Å². The molecule has 0 amide bonds. The van der Waals surface area contributed by atoms with Crippen LogP contribution in [0.15, 0.2) is 77.3 Å². The molecule has 0 saturated heterocycles. The Morgan fingerprint density at radius 2 is 1.97 bits per heavy atom. The minimum atomic E-state index is -4.50. The number of alkyl halides is 3. The molecular weight excluding hydrogens is 537 g/mol. The summed E-state index contributed by atoms with van der Waals surface area (Å²) >= 11 is 2.37. The summed E-state index contributed by atoms with van der Waals surface area (Å²) in [4.78, 5) is 9.01. The Morgan fingerprint density at radius 1 is 1.13 bits per heavy atom. The van der Waals surface area contributed by atoms with Crippen LogP contribution in [0.2, 0.25) is 0 Å². The zero-order valence-electron chi connectivity index (χ0n) is 20.3. The normalized spacial score (nSPS) is 16.6. The van der Waals surface area contributed by atoms with Crippen molar-refractivity contribution in [3.05, 3.63) is 83.5 Å². The number of pyridine rings is 1. The lowest BCUT2D eigenvalue weighted by molar-refractivity contribution is -0.137. The van der Waals surface area contributed by atoms with E-state index in [1.54, 1.807) is 41.9 Å². The molecule has 198 valence electrons. The van der Waals surface area contributed by atoms with Crippen molar-refractivity contribution in [2.75, 3.05) is 5.43 Å². The largest absolute Gasteiger partial charge is 0.487 e. The minimum Gasteiger partial charge on any atom is -0.487 e. The number of rotatable bonds is 7. The zero-order chi connectivity index (χ0) is 26.9. The second-order valence-corrected chi connectivity index (χ2v) is 11.0. The fraction of sp³-hybridized carbons (Fsp3) is 0.231. The smallest absolute Gasteiger partial charge is 0.416 e. The van der Waals surface area contributed by atoms with Crippen molar-refractivity contribution in [1.82, 2.24) is 14.5 Å². The fourth-order valence-corrected chi connectivity index (χ4v) is 5.28. The molecule has 1 aliphatic rings. The molecule has 3 heterocycles. The molecule has 0 spiro atoms. The molecule has 2 N–H and O–H groups in total. The predicted molar refractivity (Wildman–Crippen MR) is 139 cm³/mol. The van der Waals surface area contributed by atoms with Crippen molar-refractivity contribution < 1.29 is 27.9 Å². The second-order valence-electron chi connectivity index (χ2n) is 9.11. The number of aromatic nitrogens is 2. The van der Waals surface area contributed by atoms with Gasteiger partial charge in [0.25, 0.3) is 0 Å². The molecule has 38 heavy (non-hydrogen) atoms. The third-order valence-electron chi connectivity index (χ3n) is 5.73. The highest BCUT2D eigenvalue weighted by molar-refractivity contribution is 7.97. The summed E-state index contributed by atoms with van der Waals surface area (Å²) in [7, 11) is 0. The van der Waals surface area contributed by atoms with E-state index in [2.05, 4.69) is 15.4 Å². The van der Waals surface area contributed by atoms with E-state index in [1.807, 2.05) is 19.9 Å². The standard InChI is InChI=1S/C26H23F3N4O3S2/c1-25(2)15-23(18-8-7-17(14-22(18)36-25)38-33(34)32-24-31-11-12-37-24)35-21-9-6-16(26(27,28)29)13-19(21)20-5-3-4-10-30-20/h3-14,23,34H,15H2,1-2H3,(H,31,32). The summed E-state index contributed by atoms with van der Waals surface area (Å²) in [6.45, 7) is 3.84. The number of hydrogen-bond donors (Lipinski definition) is 2. The number of hydrazine groups is 1. The number of benzene rings is 2. The number of nitrogens with zero attached hydrogens (tertiary/aromatic N) is 3. The van der Waals surface area contributed by atoms with Gasteiger partial charge in [-0.05, 0) is 60.9 Å². The Bertz CT molecular complexity index is 1400. The van der Waals surface area contributed by atoms with Crippen LogP contribution < -0.4 is 14.9 Å². The van der Waals surface area contributed by atoms with Gasteiger partial charge in [0.15, 0.2) is 5.13 Å². The van der Waals surface area contributed by atoms with E-state index in [4.69, 9.17) is 9.47 Å². The lowest BCUT2D eigenvalue weighted by Crippen LogP contribution is -2.36. The topological polar surface area (TPSA) is 79.7 Å². The first-order valence-electron chi connectivity index (χ1n) is 11.5. The second kappa shape index (κ2) is 10.4. The first-order valence-corrected chi connectivity index (χ1v) is 13.2. The van der Waals surface area contributed by atoms with Gasteiger partial charge in [-0.25, -0.2) is 4.98 Å². The molecule has 0 saturated carbocycles. The number of ether oxygens (including phenoxy) is 2. The van der Waals surface area contributed by atoms with Crippen LogP contribution in [0.4, 0.5) is 18.3 Å². The van der Waals surface area contributed by atoms with Gasteiger partial charge in [-0.1, -0.05) is 12.1 Å². The van der Waals surface area contributed by atoms with Crippen LogP contribution in [0.25, 0.3) is 11.3 Å². The number of fused-ring (bicyclic) bond motifs is 1. The SMILES string of the molecule is CC1(C)CC(Oc2ccc(C(F)(F)F)cc2-c2ccccn2)c2ccc(SN(O)Nc3nccs3)cc2O1.